The number of carbonyl (C=O) groups is 1. The summed E-state index contributed by atoms with van der Waals surface area (Å²) < 4.78 is 23.4. The zero-order valence-corrected chi connectivity index (χ0v) is 13.9. The highest BCUT2D eigenvalue weighted by molar-refractivity contribution is 7.90. The Labute approximate surface area is 125 Å². The van der Waals surface area contributed by atoms with Crippen molar-refractivity contribution in [2.75, 3.05) is 17.7 Å². The first-order valence-electron chi connectivity index (χ1n) is 6.96. The van der Waals surface area contributed by atoms with Crippen LogP contribution in [0.1, 0.15) is 39.7 Å². The summed E-state index contributed by atoms with van der Waals surface area (Å²) in [6.07, 6.45) is 3.40. The average Bonchev–Trinajstić information content (AvgIpc) is 2.40. The molecular formula is C14H21N3O3S. The van der Waals surface area contributed by atoms with Crippen molar-refractivity contribution in [3.8, 4) is 0 Å². The first-order valence-corrected chi connectivity index (χ1v) is 8.85. The maximum absolute atomic E-state index is 12.4. The number of hydrogen-bond donors (Lipinski definition) is 0. The average molecular weight is 311 g/mol. The molecule has 1 aromatic heterocycles. The number of hydrogen-bond acceptors (Lipinski definition) is 6. The zero-order chi connectivity index (χ0) is 16.0. The van der Waals surface area contributed by atoms with E-state index in [2.05, 4.69) is 9.97 Å². The summed E-state index contributed by atoms with van der Waals surface area (Å²) in [6, 6.07) is 0.103. The van der Waals surface area contributed by atoms with Crippen molar-refractivity contribution in [3.05, 3.63) is 11.8 Å². The van der Waals surface area contributed by atoms with E-state index in [0.29, 0.717) is 11.4 Å². The molecule has 1 aliphatic heterocycles. The molecule has 21 heavy (non-hydrogen) atoms. The van der Waals surface area contributed by atoms with E-state index in [4.69, 9.17) is 0 Å². The van der Waals surface area contributed by atoms with Gasteiger partial charge in [0.15, 0.2) is 5.78 Å². The minimum absolute atomic E-state index is 0.0889. The van der Waals surface area contributed by atoms with Gasteiger partial charge in [0.25, 0.3) is 0 Å². The van der Waals surface area contributed by atoms with E-state index in [-0.39, 0.29) is 23.5 Å². The fraction of sp³-hybridized carbons (Fsp3) is 0.643. The SMILES string of the molecule is CCC(C)N1CC(=O)C(C)(C)c2cnc(S(C)(=O)=O)nc21. The van der Waals surface area contributed by atoms with Crippen LogP contribution in [0, 0.1) is 0 Å². The molecule has 116 valence electrons. The lowest BCUT2D eigenvalue weighted by Crippen LogP contribution is -2.49. The van der Waals surface area contributed by atoms with E-state index in [1.165, 1.54) is 6.20 Å². The largest absolute Gasteiger partial charge is 0.346 e. The molecule has 0 saturated heterocycles. The number of fused-ring (bicyclic) bond motifs is 1. The Balaban J connectivity index is 2.68. The van der Waals surface area contributed by atoms with Crippen molar-refractivity contribution >= 4 is 21.4 Å². The zero-order valence-electron chi connectivity index (χ0n) is 13.0. The van der Waals surface area contributed by atoms with Crippen LogP contribution in [0.25, 0.3) is 0 Å². The van der Waals surface area contributed by atoms with Crippen LogP contribution in [0.2, 0.25) is 0 Å². The number of nitrogens with zero attached hydrogens (tertiary/aromatic N) is 3. The van der Waals surface area contributed by atoms with Crippen LogP contribution < -0.4 is 4.90 Å². The Morgan fingerprint density at radius 1 is 1.43 bits per heavy atom. The van der Waals surface area contributed by atoms with Crippen molar-refractivity contribution in [2.45, 2.75) is 50.7 Å². The van der Waals surface area contributed by atoms with Gasteiger partial charge in [0.1, 0.15) is 5.82 Å². The number of anilines is 1. The standard InChI is InChI=1S/C14H21N3O3S/c1-6-9(2)17-8-11(18)14(3,4)10-7-15-13(16-12(10)17)21(5,19)20/h7,9H,6,8H2,1-5H3. The topological polar surface area (TPSA) is 80.2 Å². The quantitative estimate of drug-likeness (QED) is 0.784. The summed E-state index contributed by atoms with van der Waals surface area (Å²) in [5.74, 6) is 0.649. The van der Waals surface area contributed by atoms with Crippen LogP contribution in [0.15, 0.2) is 11.4 Å². The Kier molecular flexibility index (Phi) is 3.82. The monoisotopic (exact) mass is 311 g/mol. The van der Waals surface area contributed by atoms with Crippen molar-refractivity contribution in [1.82, 2.24) is 9.97 Å². The highest BCUT2D eigenvalue weighted by atomic mass is 32.2. The fourth-order valence-electron chi connectivity index (χ4n) is 2.36. The van der Waals surface area contributed by atoms with Gasteiger partial charge in [0, 0.05) is 24.1 Å². The lowest BCUT2D eigenvalue weighted by molar-refractivity contribution is -0.122. The molecular weight excluding hydrogens is 290 g/mol. The molecule has 0 aliphatic carbocycles. The third kappa shape index (κ3) is 2.66. The number of sulfone groups is 1. The number of rotatable bonds is 3. The van der Waals surface area contributed by atoms with Crippen LogP contribution in [0.4, 0.5) is 5.82 Å². The van der Waals surface area contributed by atoms with Crippen molar-refractivity contribution in [1.29, 1.82) is 0 Å². The van der Waals surface area contributed by atoms with Gasteiger partial charge >= 0.3 is 0 Å². The number of carbonyl (C=O) groups excluding carboxylic acids is 1. The molecule has 2 rings (SSSR count). The second-order valence-corrected chi connectivity index (χ2v) is 8.00. The molecule has 6 nitrogen and oxygen atoms in total. The Bertz CT molecular complexity index is 683. The number of aromatic nitrogens is 2. The van der Waals surface area contributed by atoms with Crippen LogP contribution in [0.5, 0.6) is 0 Å². The van der Waals surface area contributed by atoms with Gasteiger partial charge in [0.2, 0.25) is 15.0 Å². The minimum atomic E-state index is -3.48. The first kappa shape index (κ1) is 15.9. The molecule has 0 amide bonds. The van der Waals surface area contributed by atoms with Crippen LogP contribution in [-0.2, 0) is 20.0 Å². The van der Waals surface area contributed by atoms with E-state index in [1.807, 2.05) is 32.6 Å². The summed E-state index contributed by atoms with van der Waals surface area (Å²) in [5.41, 5.74) is -0.0126. The molecule has 1 unspecified atom stereocenters. The highest BCUT2D eigenvalue weighted by Crippen LogP contribution is 2.37. The van der Waals surface area contributed by atoms with Crippen LogP contribution in [-0.4, -0.2) is 43.0 Å². The van der Waals surface area contributed by atoms with Gasteiger partial charge in [0.05, 0.1) is 12.0 Å². The van der Waals surface area contributed by atoms with Gasteiger partial charge in [-0.05, 0) is 27.2 Å². The summed E-state index contributed by atoms with van der Waals surface area (Å²) >= 11 is 0. The van der Waals surface area contributed by atoms with Crippen molar-refractivity contribution in [3.63, 3.8) is 0 Å². The van der Waals surface area contributed by atoms with Gasteiger partial charge in [-0.25, -0.2) is 18.4 Å². The highest BCUT2D eigenvalue weighted by Gasteiger charge is 2.41. The Hall–Kier alpha value is -1.50. The minimum Gasteiger partial charge on any atom is -0.346 e. The molecule has 0 N–H and O–H groups in total. The van der Waals surface area contributed by atoms with Gasteiger partial charge in [-0.3, -0.25) is 4.79 Å². The third-order valence-electron chi connectivity index (χ3n) is 4.16. The third-order valence-corrected chi connectivity index (χ3v) is 5.02. The van der Waals surface area contributed by atoms with E-state index in [9.17, 15) is 13.2 Å². The van der Waals surface area contributed by atoms with Gasteiger partial charge in [-0.1, -0.05) is 6.92 Å². The molecule has 1 aliphatic rings. The Morgan fingerprint density at radius 2 is 2.05 bits per heavy atom. The van der Waals surface area contributed by atoms with E-state index in [0.717, 1.165) is 12.7 Å². The summed E-state index contributed by atoms with van der Waals surface area (Å²) in [7, 11) is -3.48. The van der Waals surface area contributed by atoms with E-state index in [1.54, 1.807) is 0 Å². The maximum atomic E-state index is 12.4. The second-order valence-electron chi connectivity index (χ2n) is 6.10. The lowest BCUT2D eigenvalue weighted by atomic mass is 9.78. The summed E-state index contributed by atoms with van der Waals surface area (Å²) in [5, 5.41) is -0.195. The van der Waals surface area contributed by atoms with Crippen molar-refractivity contribution in [2.24, 2.45) is 0 Å². The van der Waals surface area contributed by atoms with Gasteiger partial charge in [-0.2, -0.15) is 0 Å². The van der Waals surface area contributed by atoms with E-state index < -0.39 is 15.3 Å². The molecule has 0 spiro atoms. The smallest absolute Gasteiger partial charge is 0.248 e. The normalized spacial score (nSPS) is 19.3. The molecule has 0 radical (unpaired) electrons. The number of Topliss-reactive ketones (excluding diaryl/α,β-unsaturated/α-hetero) is 1. The number of ketones is 1. The fourth-order valence-corrected chi connectivity index (χ4v) is 2.85. The molecule has 0 saturated carbocycles. The Morgan fingerprint density at radius 3 is 2.57 bits per heavy atom. The predicted molar refractivity (Wildman–Crippen MR) is 80.3 cm³/mol. The first-order chi connectivity index (χ1) is 9.59. The van der Waals surface area contributed by atoms with Crippen LogP contribution >= 0.6 is 0 Å². The summed E-state index contributed by atoms with van der Waals surface area (Å²) in [6.45, 7) is 7.91. The summed E-state index contributed by atoms with van der Waals surface area (Å²) in [4.78, 5) is 22.4. The van der Waals surface area contributed by atoms with Gasteiger partial charge < -0.3 is 4.90 Å². The lowest BCUT2D eigenvalue weighted by Gasteiger charge is -2.40. The molecule has 2 heterocycles. The molecule has 0 bridgehead atoms. The maximum Gasteiger partial charge on any atom is 0.248 e. The second kappa shape index (κ2) is 5.05. The molecule has 1 aromatic rings. The molecule has 7 heteroatoms. The molecule has 1 atom stereocenters. The van der Waals surface area contributed by atoms with E-state index >= 15 is 0 Å². The molecule has 0 fully saturated rings. The predicted octanol–water partition coefficient (Wildman–Crippen LogP) is 1.35. The van der Waals surface area contributed by atoms with Crippen molar-refractivity contribution < 1.29 is 13.2 Å². The van der Waals surface area contributed by atoms with Crippen LogP contribution in [0.3, 0.4) is 0 Å². The van der Waals surface area contributed by atoms with Gasteiger partial charge in [-0.15, -0.1) is 0 Å². The molecule has 0 aromatic carbocycles.